The molecular formula is C28H30N2O5S. The number of allylic oxidation sites excluding steroid dienone is 1. The molecule has 0 aliphatic carbocycles. The van der Waals surface area contributed by atoms with Gasteiger partial charge in [0, 0.05) is 11.1 Å². The Labute approximate surface area is 214 Å². The molecule has 1 aliphatic heterocycles. The van der Waals surface area contributed by atoms with E-state index in [0.29, 0.717) is 44.3 Å². The summed E-state index contributed by atoms with van der Waals surface area (Å²) < 4.78 is 19.3. The second-order valence-electron chi connectivity index (χ2n) is 8.48. The molecule has 2 aromatic carbocycles. The largest absolute Gasteiger partial charge is 0.493 e. The first-order valence-corrected chi connectivity index (χ1v) is 12.8. The Morgan fingerprint density at radius 3 is 2.47 bits per heavy atom. The lowest BCUT2D eigenvalue weighted by atomic mass is 9.95. The van der Waals surface area contributed by atoms with Gasteiger partial charge in [-0.2, -0.15) is 0 Å². The van der Waals surface area contributed by atoms with E-state index in [1.165, 1.54) is 11.3 Å². The summed E-state index contributed by atoms with van der Waals surface area (Å²) >= 11 is 1.28. The Bertz CT molecular complexity index is 1480. The Kier molecular flexibility index (Phi) is 7.74. The highest BCUT2D eigenvalue weighted by Crippen LogP contribution is 2.36. The number of carbonyl (C=O) groups excluding carboxylic acids is 1. The Morgan fingerprint density at radius 2 is 1.78 bits per heavy atom. The lowest BCUT2D eigenvalue weighted by Crippen LogP contribution is -2.40. The first kappa shape index (κ1) is 25.4. The van der Waals surface area contributed by atoms with Crippen LogP contribution in [0.25, 0.3) is 6.08 Å². The maximum absolute atomic E-state index is 13.9. The molecular weight excluding hydrogens is 476 g/mol. The quantitative estimate of drug-likeness (QED) is 0.432. The smallest absolute Gasteiger partial charge is 0.338 e. The molecule has 2 heterocycles. The zero-order chi connectivity index (χ0) is 25.8. The SMILES string of the molecule is CCOC(=O)C1=C(C)N=c2sc(=Cc3ccccc3OCC)c(=O)n2C1c1ccccc1OC(C)C. The number of thiazole rings is 1. The maximum atomic E-state index is 13.9. The summed E-state index contributed by atoms with van der Waals surface area (Å²) in [5.74, 6) is 0.797. The monoisotopic (exact) mass is 506 g/mol. The number of esters is 1. The Balaban J connectivity index is 1.98. The fourth-order valence-electron chi connectivity index (χ4n) is 4.18. The molecule has 0 bridgehead atoms. The highest BCUT2D eigenvalue weighted by atomic mass is 32.1. The normalized spacial score (nSPS) is 15.5. The number of fused-ring (bicyclic) bond motifs is 1. The van der Waals surface area contributed by atoms with E-state index in [4.69, 9.17) is 14.2 Å². The van der Waals surface area contributed by atoms with E-state index in [-0.39, 0.29) is 18.3 Å². The lowest BCUT2D eigenvalue weighted by molar-refractivity contribution is -0.139. The van der Waals surface area contributed by atoms with Crippen molar-refractivity contribution in [2.75, 3.05) is 13.2 Å². The molecule has 0 spiro atoms. The van der Waals surface area contributed by atoms with Crippen LogP contribution in [0.1, 0.15) is 51.8 Å². The summed E-state index contributed by atoms with van der Waals surface area (Å²) in [6.45, 7) is 10.0. The number of hydrogen-bond acceptors (Lipinski definition) is 7. The molecule has 8 heteroatoms. The van der Waals surface area contributed by atoms with Gasteiger partial charge in [-0.1, -0.05) is 47.7 Å². The number of ether oxygens (including phenoxy) is 3. The lowest BCUT2D eigenvalue weighted by Gasteiger charge is -2.26. The Morgan fingerprint density at radius 1 is 1.08 bits per heavy atom. The van der Waals surface area contributed by atoms with Crippen LogP contribution in [-0.4, -0.2) is 29.9 Å². The summed E-state index contributed by atoms with van der Waals surface area (Å²) in [7, 11) is 0. The highest BCUT2D eigenvalue weighted by molar-refractivity contribution is 7.07. The van der Waals surface area contributed by atoms with Crippen LogP contribution in [0.3, 0.4) is 0 Å². The van der Waals surface area contributed by atoms with Crippen LogP contribution in [0.15, 0.2) is 69.6 Å². The third-order valence-corrected chi connectivity index (χ3v) is 6.58. The first-order valence-electron chi connectivity index (χ1n) is 12.0. The molecule has 0 saturated heterocycles. The zero-order valence-corrected chi connectivity index (χ0v) is 21.9. The van der Waals surface area contributed by atoms with Crippen LogP contribution in [0.5, 0.6) is 11.5 Å². The van der Waals surface area contributed by atoms with Crippen molar-refractivity contribution in [2.45, 2.75) is 46.8 Å². The molecule has 1 aliphatic rings. The summed E-state index contributed by atoms with van der Waals surface area (Å²) in [6, 6.07) is 14.3. The molecule has 7 nitrogen and oxygen atoms in total. The molecule has 0 amide bonds. The number of hydrogen-bond donors (Lipinski definition) is 0. The number of nitrogens with zero attached hydrogens (tertiary/aromatic N) is 2. The molecule has 36 heavy (non-hydrogen) atoms. The van der Waals surface area contributed by atoms with Gasteiger partial charge in [0.15, 0.2) is 4.80 Å². The van der Waals surface area contributed by atoms with E-state index in [1.54, 1.807) is 18.4 Å². The van der Waals surface area contributed by atoms with Gasteiger partial charge in [-0.05, 0) is 52.8 Å². The predicted octanol–water partition coefficient (Wildman–Crippen LogP) is 3.98. The average Bonchev–Trinajstić information content (AvgIpc) is 3.14. The molecule has 188 valence electrons. The van der Waals surface area contributed by atoms with Gasteiger partial charge in [0.25, 0.3) is 5.56 Å². The minimum absolute atomic E-state index is 0.0897. The summed E-state index contributed by atoms with van der Waals surface area (Å²) in [5.41, 5.74) is 2.09. The van der Waals surface area contributed by atoms with Gasteiger partial charge in [0.05, 0.1) is 35.1 Å². The summed E-state index contributed by atoms with van der Waals surface area (Å²) in [4.78, 5) is 32.2. The van der Waals surface area contributed by atoms with Crippen molar-refractivity contribution < 1.29 is 19.0 Å². The average molecular weight is 507 g/mol. The first-order chi connectivity index (χ1) is 17.3. The van der Waals surface area contributed by atoms with E-state index in [9.17, 15) is 9.59 Å². The number of para-hydroxylation sites is 2. The van der Waals surface area contributed by atoms with Crippen molar-refractivity contribution in [1.29, 1.82) is 0 Å². The van der Waals surface area contributed by atoms with Crippen molar-refractivity contribution in [2.24, 2.45) is 4.99 Å². The van der Waals surface area contributed by atoms with Crippen LogP contribution in [0.2, 0.25) is 0 Å². The maximum Gasteiger partial charge on any atom is 0.338 e. The van der Waals surface area contributed by atoms with E-state index in [0.717, 1.165) is 5.56 Å². The summed E-state index contributed by atoms with van der Waals surface area (Å²) in [6.07, 6.45) is 1.72. The van der Waals surface area contributed by atoms with Gasteiger partial charge in [-0.3, -0.25) is 9.36 Å². The molecule has 1 atom stereocenters. The highest BCUT2D eigenvalue weighted by Gasteiger charge is 2.35. The van der Waals surface area contributed by atoms with E-state index >= 15 is 0 Å². The minimum atomic E-state index is -0.737. The molecule has 1 unspecified atom stereocenters. The van der Waals surface area contributed by atoms with Crippen molar-refractivity contribution >= 4 is 23.4 Å². The third-order valence-electron chi connectivity index (χ3n) is 5.60. The number of aromatic nitrogens is 1. The van der Waals surface area contributed by atoms with Gasteiger partial charge < -0.3 is 14.2 Å². The van der Waals surface area contributed by atoms with E-state index < -0.39 is 12.0 Å². The number of benzene rings is 2. The fourth-order valence-corrected chi connectivity index (χ4v) is 5.22. The molecule has 0 saturated carbocycles. The summed E-state index contributed by atoms with van der Waals surface area (Å²) in [5, 5.41) is 0. The minimum Gasteiger partial charge on any atom is -0.493 e. The number of rotatable bonds is 8. The topological polar surface area (TPSA) is 79.1 Å². The standard InChI is InChI=1S/C28H30N2O5S/c1-6-33-21-14-10-8-12-19(21)16-23-26(31)30-25(20-13-9-11-15-22(20)35-17(3)4)24(27(32)34-7-2)18(5)29-28(30)36-23/h8-17,25H,6-7H2,1-5H3. The van der Waals surface area contributed by atoms with Crippen LogP contribution in [-0.2, 0) is 9.53 Å². The second kappa shape index (κ2) is 11.0. The van der Waals surface area contributed by atoms with Crippen molar-refractivity contribution in [3.8, 4) is 11.5 Å². The van der Waals surface area contributed by atoms with Gasteiger partial charge in [-0.15, -0.1) is 0 Å². The fraction of sp³-hybridized carbons (Fsp3) is 0.321. The van der Waals surface area contributed by atoms with E-state index in [2.05, 4.69) is 4.99 Å². The van der Waals surface area contributed by atoms with Crippen LogP contribution in [0.4, 0.5) is 0 Å². The number of carbonyl (C=O) groups is 1. The van der Waals surface area contributed by atoms with Gasteiger partial charge in [-0.25, -0.2) is 9.79 Å². The predicted molar refractivity (Wildman–Crippen MR) is 140 cm³/mol. The Hall–Kier alpha value is -3.65. The molecule has 0 radical (unpaired) electrons. The molecule has 4 rings (SSSR count). The molecule has 3 aromatic rings. The van der Waals surface area contributed by atoms with Gasteiger partial charge in [0.1, 0.15) is 17.5 Å². The third kappa shape index (κ3) is 4.99. The van der Waals surface area contributed by atoms with Crippen molar-refractivity contribution in [3.05, 3.63) is 90.6 Å². The van der Waals surface area contributed by atoms with Gasteiger partial charge in [0.2, 0.25) is 0 Å². The van der Waals surface area contributed by atoms with Gasteiger partial charge >= 0.3 is 5.97 Å². The molecule has 1 aromatic heterocycles. The molecule has 0 N–H and O–H groups in total. The van der Waals surface area contributed by atoms with Crippen LogP contribution >= 0.6 is 11.3 Å². The second-order valence-corrected chi connectivity index (χ2v) is 9.49. The van der Waals surface area contributed by atoms with Crippen LogP contribution in [0, 0.1) is 0 Å². The van der Waals surface area contributed by atoms with Crippen molar-refractivity contribution in [3.63, 3.8) is 0 Å². The van der Waals surface area contributed by atoms with Crippen LogP contribution < -0.4 is 24.4 Å². The van der Waals surface area contributed by atoms with Crippen molar-refractivity contribution in [1.82, 2.24) is 4.57 Å². The van der Waals surface area contributed by atoms with E-state index in [1.807, 2.05) is 75.4 Å². The molecule has 0 fully saturated rings. The zero-order valence-electron chi connectivity index (χ0n) is 21.1.